The molecule has 0 aliphatic rings. The molecule has 78 valence electrons. The third-order valence-electron chi connectivity index (χ3n) is 1.64. The van der Waals surface area contributed by atoms with Crippen molar-refractivity contribution in [3.63, 3.8) is 0 Å². The summed E-state index contributed by atoms with van der Waals surface area (Å²) in [7, 11) is 1.18. The second kappa shape index (κ2) is 4.16. The molecule has 0 fully saturated rings. The van der Waals surface area contributed by atoms with Gasteiger partial charge in [-0.25, -0.2) is 0 Å². The second-order valence-electron chi connectivity index (χ2n) is 2.51. The molecular formula is C8H7BrF3NO. The minimum Gasteiger partial charge on any atom is -0.494 e. The minimum absolute atomic E-state index is 0.0665. The van der Waals surface area contributed by atoms with Crippen LogP contribution in [-0.2, 0) is 11.5 Å². The summed E-state index contributed by atoms with van der Waals surface area (Å²) in [6.07, 6.45) is -2.20. The lowest BCUT2D eigenvalue weighted by atomic mass is 10.1. The van der Waals surface area contributed by atoms with Gasteiger partial charge in [0, 0.05) is 11.5 Å². The summed E-state index contributed by atoms with van der Waals surface area (Å²) >= 11 is 2.97. The Hall–Kier alpha value is -0.780. The SMILES string of the molecule is COc1cncc(CBr)c1C(F)(F)F. The van der Waals surface area contributed by atoms with E-state index in [-0.39, 0.29) is 16.6 Å². The van der Waals surface area contributed by atoms with Gasteiger partial charge in [0.05, 0.1) is 13.3 Å². The zero-order chi connectivity index (χ0) is 10.8. The van der Waals surface area contributed by atoms with Gasteiger partial charge in [-0.2, -0.15) is 13.2 Å². The highest BCUT2D eigenvalue weighted by molar-refractivity contribution is 9.08. The van der Waals surface area contributed by atoms with E-state index < -0.39 is 11.7 Å². The first-order chi connectivity index (χ1) is 6.50. The third-order valence-corrected chi connectivity index (χ3v) is 2.24. The van der Waals surface area contributed by atoms with E-state index in [1.54, 1.807) is 0 Å². The predicted molar refractivity (Wildman–Crippen MR) is 48.4 cm³/mol. The van der Waals surface area contributed by atoms with Gasteiger partial charge in [0.15, 0.2) is 0 Å². The number of pyridine rings is 1. The molecule has 0 unspecified atom stereocenters. The smallest absolute Gasteiger partial charge is 0.420 e. The zero-order valence-corrected chi connectivity index (χ0v) is 8.82. The van der Waals surface area contributed by atoms with Crippen molar-refractivity contribution < 1.29 is 17.9 Å². The summed E-state index contributed by atoms with van der Waals surface area (Å²) in [6.45, 7) is 0. The van der Waals surface area contributed by atoms with Crippen molar-refractivity contribution in [2.24, 2.45) is 0 Å². The molecule has 0 saturated heterocycles. The van der Waals surface area contributed by atoms with Gasteiger partial charge in [-0.3, -0.25) is 4.98 Å². The lowest BCUT2D eigenvalue weighted by Crippen LogP contribution is -2.11. The fourth-order valence-corrected chi connectivity index (χ4v) is 1.49. The summed E-state index contributed by atoms with van der Waals surface area (Å²) in [5.41, 5.74) is -0.705. The Balaban J connectivity index is 3.34. The number of methoxy groups -OCH3 is 1. The van der Waals surface area contributed by atoms with Crippen molar-refractivity contribution in [1.82, 2.24) is 4.98 Å². The Bertz CT molecular complexity index is 305. The van der Waals surface area contributed by atoms with Gasteiger partial charge in [0.2, 0.25) is 0 Å². The van der Waals surface area contributed by atoms with Crippen molar-refractivity contribution in [2.45, 2.75) is 11.5 Å². The molecule has 6 heteroatoms. The summed E-state index contributed by atoms with van der Waals surface area (Å²) in [6, 6.07) is 0. The number of rotatable bonds is 2. The van der Waals surface area contributed by atoms with E-state index in [1.165, 1.54) is 13.3 Å². The zero-order valence-electron chi connectivity index (χ0n) is 7.23. The van der Waals surface area contributed by atoms with E-state index in [0.717, 1.165) is 6.20 Å². The van der Waals surface area contributed by atoms with Crippen LogP contribution in [0.25, 0.3) is 0 Å². The van der Waals surface area contributed by atoms with Crippen LogP contribution in [0.2, 0.25) is 0 Å². The fourth-order valence-electron chi connectivity index (χ4n) is 1.06. The largest absolute Gasteiger partial charge is 0.494 e. The molecule has 0 N–H and O–H groups in total. The number of hydrogen-bond donors (Lipinski definition) is 0. The van der Waals surface area contributed by atoms with E-state index in [9.17, 15) is 13.2 Å². The van der Waals surface area contributed by atoms with Crippen molar-refractivity contribution in [2.75, 3.05) is 7.11 Å². The Labute approximate surface area is 87.2 Å². The Morgan fingerprint density at radius 1 is 1.43 bits per heavy atom. The average Bonchev–Trinajstić information content (AvgIpc) is 2.15. The fraction of sp³-hybridized carbons (Fsp3) is 0.375. The lowest BCUT2D eigenvalue weighted by molar-refractivity contribution is -0.139. The number of nitrogens with zero attached hydrogens (tertiary/aromatic N) is 1. The number of alkyl halides is 4. The van der Waals surface area contributed by atoms with E-state index in [0.29, 0.717) is 0 Å². The minimum atomic E-state index is -4.42. The maximum Gasteiger partial charge on any atom is 0.420 e. The van der Waals surface area contributed by atoms with E-state index >= 15 is 0 Å². The van der Waals surface area contributed by atoms with Gasteiger partial charge in [-0.05, 0) is 5.56 Å². The maximum absolute atomic E-state index is 12.6. The molecule has 0 aromatic carbocycles. The van der Waals surface area contributed by atoms with E-state index in [1.807, 2.05) is 0 Å². The van der Waals surface area contributed by atoms with Crippen molar-refractivity contribution >= 4 is 15.9 Å². The molecule has 14 heavy (non-hydrogen) atoms. The van der Waals surface area contributed by atoms with Crippen molar-refractivity contribution in [1.29, 1.82) is 0 Å². The monoisotopic (exact) mass is 269 g/mol. The van der Waals surface area contributed by atoms with Crippen LogP contribution in [0.4, 0.5) is 13.2 Å². The van der Waals surface area contributed by atoms with Crippen LogP contribution in [0, 0.1) is 0 Å². The van der Waals surface area contributed by atoms with Crippen LogP contribution >= 0.6 is 15.9 Å². The third kappa shape index (κ3) is 2.17. The number of ether oxygens (including phenoxy) is 1. The van der Waals surface area contributed by atoms with E-state index in [2.05, 4.69) is 25.7 Å². The maximum atomic E-state index is 12.6. The molecule has 1 aromatic heterocycles. The van der Waals surface area contributed by atoms with Crippen LogP contribution < -0.4 is 4.74 Å². The topological polar surface area (TPSA) is 22.1 Å². The van der Waals surface area contributed by atoms with E-state index in [4.69, 9.17) is 0 Å². The molecule has 2 nitrogen and oxygen atoms in total. The Kier molecular flexibility index (Phi) is 3.36. The first-order valence-electron chi connectivity index (χ1n) is 3.64. The van der Waals surface area contributed by atoms with Gasteiger partial charge in [-0.15, -0.1) is 0 Å². The molecule has 0 amide bonds. The summed E-state index contributed by atoms with van der Waals surface area (Å²) in [5, 5.41) is 0.0893. The molecule has 0 saturated carbocycles. The van der Waals surface area contributed by atoms with Crippen LogP contribution in [-0.4, -0.2) is 12.1 Å². The van der Waals surface area contributed by atoms with Crippen LogP contribution in [0.5, 0.6) is 5.75 Å². The molecular weight excluding hydrogens is 263 g/mol. The molecule has 0 radical (unpaired) electrons. The number of aromatic nitrogens is 1. The Morgan fingerprint density at radius 2 is 2.07 bits per heavy atom. The molecule has 0 spiro atoms. The average molecular weight is 270 g/mol. The van der Waals surface area contributed by atoms with Gasteiger partial charge >= 0.3 is 6.18 Å². The first kappa shape index (κ1) is 11.3. The number of hydrogen-bond acceptors (Lipinski definition) is 2. The molecule has 0 bridgehead atoms. The molecule has 0 atom stereocenters. The predicted octanol–water partition coefficient (Wildman–Crippen LogP) is 3.00. The quantitative estimate of drug-likeness (QED) is 0.771. The Morgan fingerprint density at radius 3 is 2.50 bits per heavy atom. The van der Waals surface area contributed by atoms with Gasteiger partial charge < -0.3 is 4.74 Å². The summed E-state index contributed by atoms with van der Waals surface area (Å²) in [4.78, 5) is 3.65. The van der Waals surface area contributed by atoms with Gasteiger partial charge in [-0.1, -0.05) is 15.9 Å². The van der Waals surface area contributed by atoms with Crippen LogP contribution in [0.15, 0.2) is 12.4 Å². The second-order valence-corrected chi connectivity index (χ2v) is 3.07. The van der Waals surface area contributed by atoms with Gasteiger partial charge in [0.1, 0.15) is 11.3 Å². The molecule has 0 aliphatic carbocycles. The number of halogens is 4. The normalized spacial score (nSPS) is 11.5. The van der Waals surface area contributed by atoms with Gasteiger partial charge in [0.25, 0.3) is 0 Å². The molecule has 1 heterocycles. The van der Waals surface area contributed by atoms with Crippen molar-refractivity contribution in [3.8, 4) is 5.75 Å². The first-order valence-corrected chi connectivity index (χ1v) is 4.77. The lowest BCUT2D eigenvalue weighted by Gasteiger charge is -2.14. The standard InChI is InChI=1S/C8H7BrF3NO/c1-14-6-4-13-3-5(2-9)7(6)8(10,11)12/h3-4H,2H2,1H3. The highest BCUT2D eigenvalue weighted by Gasteiger charge is 2.36. The molecule has 0 aliphatic heterocycles. The van der Waals surface area contributed by atoms with Crippen LogP contribution in [0.3, 0.4) is 0 Å². The van der Waals surface area contributed by atoms with Crippen LogP contribution in [0.1, 0.15) is 11.1 Å². The highest BCUT2D eigenvalue weighted by Crippen LogP contribution is 2.38. The summed E-state index contributed by atoms with van der Waals surface area (Å²) in [5.74, 6) is -0.255. The highest BCUT2D eigenvalue weighted by atomic mass is 79.9. The molecule has 1 rings (SSSR count). The molecule has 1 aromatic rings. The summed E-state index contributed by atoms with van der Waals surface area (Å²) < 4.78 is 42.3. The van der Waals surface area contributed by atoms with Crippen molar-refractivity contribution in [3.05, 3.63) is 23.5 Å².